The number of carbonyl (C=O) groups is 6. The summed E-state index contributed by atoms with van der Waals surface area (Å²) in [6, 6.07) is -1.68. The number of nitrogens with zero attached hydrogens (tertiary/aromatic N) is 2. The maximum absolute atomic E-state index is 13.2. The molecule has 0 bridgehead atoms. The van der Waals surface area contributed by atoms with Gasteiger partial charge in [0.1, 0.15) is 23.9 Å². The van der Waals surface area contributed by atoms with Crippen LogP contribution in [-0.2, 0) is 42.9 Å². The number of nitrogens with one attached hydrogen (secondary N) is 1. The monoisotopic (exact) mass is 827 g/mol. The predicted molar refractivity (Wildman–Crippen MR) is 222 cm³/mol. The van der Waals surface area contributed by atoms with Gasteiger partial charge in [-0.1, -0.05) is 77.0 Å². The van der Waals surface area contributed by atoms with Gasteiger partial charge in [0.25, 0.3) is 0 Å². The number of rotatable bonds is 31. The molecule has 0 aromatic heterocycles. The molecule has 15 nitrogen and oxygen atoms in total. The molecule has 1 saturated heterocycles. The Bertz CT molecular complexity index is 1210. The molecular formula is C43H78N4O11. The highest BCUT2D eigenvalue weighted by molar-refractivity contribution is 5.85. The lowest BCUT2D eigenvalue weighted by molar-refractivity contribution is -0.159. The number of hydrogen-bond acceptors (Lipinski definition) is 10. The van der Waals surface area contributed by atoms with Crippen LogP contribution in [0.5, 0.6) is 0 Å². The van der Waals surface area contributed by atoms with Crippen LogP contribution in [0, 0.1) is 0 Å². The summed E-state index contributed by atoms with van der Waals surface area (Å²) in [4.78, 5) is 76.8. The van der Waals surface area contributed by atoms with Crippen molar-refractivity contribution in [2.75, 3.05) is 46.1 Å². The van der Waals surface area contributed by atoms with E-state index in [1.807, 2.05) is 20.8 Å². The van der Waals surface area contributed by atoms with Crippen LogP contribution >= 0.6 is 0 Å². The molecule has 0 aromatic carbocycles. The third kappa shape index (κ3) is 28.0. The van der Waals surface area contributed by atoms with Gasteiger partial charge in [-0.2, -0.15) is 0 Å². The van der Waals surface area contributed by atoms with Crippen molar-refractivity contribution in [2.24, 2.45) is 5.73 Å². The summed E-state index contributed by atoms with van der Waals surface area (Å²) in [5, 5.41) is 11.4. The van der Waals surface area contributed by atoms with Gasteiger partial charge in [-0.05, 0) is 73.6 Å². The molecule has 0 aromatic rings. The number of nitrogens with two attached hydrogens (primary N) is 1. The van der Waals surface area contributed by atoms with Gasteiger partial charge in [-0.25, -0.2) is 14.4 Å². The second kappa shape index (κ2) is 29.7. The zero-order valence-corrected chi connectivity index (χ0v) is 36.7. The number of amides is 4. The summed E-state index contributed by atoms with van der Waals surface area (Å²) in [5.74, 6) is -2.09. The number of esters is 2. The Morgan fingerprint density at radius 2 is 1.17 bits per heavy atom. The Morgan fingerprint density at radius 3 is 1.66 bits per heavy atom. The van der Waals surface area contributed by atoms with E-state index in [0.717, 1.165) is 38.5 Å². The minimum atomic E-state index is -1.06. The lowest BCUT2D eigenvalue weighted by Crippen LogP contribution is -2.51. The first-order chi connectivity index (χ1) is 27.4. The number of likely N-dealkylation sites (tertiary alicyclic amines) is 1. The largest absolute Gasteiger partial charge is 0.480 e. The predicted octanol–water partition coefficient (Wildman–Crippen LogP) is 6.67. The summed E-state index contributed by atoms with van der Waals surface area (Å²) in [5.41, 5.74) is 4.48. The normalized spacial score (nSPS) is 14.1. The van der Waals surface area contributed by atoms with Gasteiger partial charge >= 0.3 is 23.9 Å². The van der Waals surface area contributed by atoms with Crippen LogP contribution in [0.1, 0.15) is 170 Å². The fourth-order valence-corrected chi connectivity index (χ4v) is 6.82. The Balaban J connectivity index is 2.29. The first-order valence-corrected chi connectivity index (χ1v) is 21.8. The first kappa shape index (κ1) is 52.6. The van der Waals surface area contributed by atoms with Crippen LogP contribution in [0.25, 0.3) is 0 Å². The smallest absolute Gasteiger partial charge is 0.329 e. The third-order valence-electron chi connectivity index (χ3n) is 9.74. The number of unbranched alkanes of at least 4 members (excludes halogenated alkanes) is 13. The zero-order chi connectivity index (χ0) is 43.4. The standard InChI is InChI=1S/C43H78N4O11/c1-42(2,3)57-39(52)22-20-18-16-14-12-10-8-7-9-11-13-15-17-19-21-36(48)45-35(40(53)58-43(4,5)6)23-24-37(49)46-27-25-34(26-28-46)47(41(44)54)29-30-55-31-32-56-33-38(50)51/h34-35H,7-33H2,1-6H3,(H2,44,54)(H,45,48)(H,50,51)/t35-/m0/s1. The van der Waals surface area contributed by atoms with Crippen LogP contribution < -0.4 is 11.1 Å². The lowest BCUT2D eigenvalue weighted by atomic mass is 10.0. The summed E-state index contributed by atoms with van der Waals surface area (Å²) in [7, 11) is 0. The first-order valence-electron chi connectivity index (χ1n) is 21.8. The van der Waals surface area contributed by atoms with E-state index in [0.29, 0.717) is 38.8 Å². The van der Waals surface area contributed by atoms with E-state index in [-0.39, 0.29) is 63.0 Å². The van der Waals surface area contributed by atoms with E-state index in [1.165, 1.54) is 56.3 Å². The average Bonchev–Trinajstić information content (AvgIpc) is 3.12. The molecule has 4 N–H and O–H groups in total. The van der Waals surface area contributed by atoms with Crippen LogP contribution in [0.2, 0.25) is 0 Å². The van der Waals surface area contributed by atoms with Gasteiger partial charge in [0.2, 0.25) is 11.8 Å². The van der Waals surface area contributed by atoms with Crippen molar-refractivity contribution in [3.05, 3.63) is 0 Å². The Labute approximate surface area is 348 Å². The number of carboxylic acids is 1. The van der Waals surface area contributed by atoms with Gasteiger partial charge in [0.15, 0.2) is 0 Å². The lowest BCUT2D eigenvalue weighted by Gasteiger charge is -2.38. The average molecular weight is 827 g/mol. The summed E-state index contributed by atoms with van der Waals surface area (Å²) >= 11 is 0. The van der Waals surface area contributed by atoms with E-state index in [2.05, 4.69) is 5.32 Å². The summed E-state index contributed by atoms with van der Waals surface area (Å²) in [6.07, 6.45) is 17.7. The SMILES string of the molecule is CC(C)(C)OC(=O)CCCCCCCCCCCCCCCCC(=O)N[C@@H](CCC(=O)N1CCC(N(CCOCCOCC(=O)O)C(N)=O)CC1)C(=O)OC(C)(C)C. The molecule has 0 spiro atoms. The molecule has 336 valence electrons. The van der Waals surface area contributed by atoms with E-state index in [1.54, 1.807) is 25.7 Å². The number of carbonyl (C=O) groups excluding carboxylic acids is 5. The topological polar surface area (TPSA) is 204 Å². The molecule has 1 aliphatic heterocycles. The van der Waals surface area contributed by atoms with Crippen molar-refractivity contribution in [3.63, 3.8) is 0 Å². The van der Waals surface area contributed by atoms with Crippen molar-refractivity contribution < 1.29 is 52.8 Å². The Hall–Kier alpha value is -3.46. The fraction of sp³-hybridized carbons (Fsp3) is 0.860. The van der Waals surface area contributed by atoms with Crippen molar-refractivity contribution >= 4 is 35.8 Å². The van der Waals surface area contributed by atoms with Crippen molar-refractivity contribution in [3.8, 4) is 0 Å². The number of piperidine rings is 1. The second-order valence-corrected chi connectivity index (χ2v) is 17.4. The highest BCUT2D eigenvalue weighted by Crippen LogP contribution is 2.20. The van der Waals surface area contributed by atoms with Gasteiger partial charge in [0.05, 0.1) is 19.8 Å². The Morgan fingerprint density at radius 1 is 0.690 bits per heavy atom. The van der Waals surface area contributed by atoms with Gasteiger partial charge in [-0.3, -0.25) is 14.4 Å². The number of urea groups is 1. The second-order valence-electron chi connectivity index (χ2n) is 17.4. The molecule has 4 amide bonds. The number of ether oxygens (including phenoxy) is 4. The van der Waals surface area contributed by atoms with Gasteiger partial charge in [-0.15, -0.1) is 0 Å². The summed E-state index contributed by atoms with van der Waals surface area (Å²) < 4.78 is 21.3. The van der Waals surface area contributed by atoms with Gasteiger partial charge < -0.3 is 44.9 Å². The molecule has 1 fully saturated rings. The molecule has 0 saturated carbocycles. The maximum atomic E-state index is 13.2. The molecule has 0 aliphatic carbocycles. The van der Waals surface area contributed by atoms with Crippen LogP contribution in [0.4, 0.5) is 4.79 Å². The zero-order valence-electron chi connectivity index (χ0n) is 36.7. The number of aliphatic carboxylic acids is 1. The molecule has 1 atom stereocenters. The third-order valence-corrected chi connectivity index (χ3v) is 9.74. The molecule has 0 unspecified atom stereocenters. The van der Waals surface area contributed by atoms with E-state index < -0.39 is 41.8 Å². The molecule has 15 heteroatoms. The highest BCUT2D eigenvalue weighted by atomic mass is 16.6. The van der Waals surface area contributed by atoms with Crippen LogP contribution in [-0.4, -0.2) is 120 Å². The van der Waals surface area contributed by atoms with E-state index in [4.69, 9.17) is 29.8 Å². The van der Waals surface area contributed by atoms with Crippen LogP contribution in [0.15, 0.2) is 0 Å². The number of carboxylic acid groups (broad SMARTS) is 1. The van der Waals surface area contributed by atoms with E-state index in [9.17, 15) is 28.8 Å². The molecular weight excluding hydrogens is 748 g/mol. The number of primary amides is 1. The molecule has 1 heterocycles. The molecule has 1 aliphatic rings. The summed E-state index contributed by atoms with van der Waals surface area (Å²) in [6.45, 7) is 12.2. The Kier molecular flexibility index (Phi) is 26.9. The fourth-order valence-electron chi connectivity index (χ4n) is 6.82. The van der Waals surface area contributed by atoms with Crippen molar-refractivity contribution in [1.82, 2.24) is 15.1 Å². The molecule has 58 heavy (non-hydrogen) atoms. The highest BCUT2D eigenvalue weighted by Gasteiger charge is 2.31. The maximum Gasteiger partial charge on any atom is 0.329 e. The minimum absolute atomic E-state index is 0.0591. The van der Waals surface area contributed by atoms with Crippen molar-refractivity contribution in [2.45, 2.75) is 193 Å². The quantitative estimate of drug-likeness (QED) is 0.0498. The van der Waals surface area contributed by atoms with Crippen LogP contribution in [0.3, 0.4) is 0 Å². The minimum Gasteiger partial charge on any atom is -0.480 e. The van der Waals surface area contributed by atoms with Crippen molar-refractivity contribution in [1.29, 1.82) is 0 Å². The van der Waals surface area contributed by atoms with Gasteiger partial charge in [0, 0.05) is 44.9 Å². The molecule has 0 radical (unpaired) electrons. The number of hydrogen-bond donors (Lipinski definition) is 3. The molecule has 1 rings (SSSR count). The van der Waals surface area contributed by atoms with E-state index >= 15 is 0 Å².